The number of pyridine rings is 1. The van der Waals surface area contributed by atoms with Gasteiger partial charge in [0.05, 0.1) is 24.8 Å². The third kappa shape index (κ3) is 5.86. The molecular weight excluding hydrogens is 420 g/mol. The summed E-state index contributed by atoms with van der Waals surface area (Å²) in [5.41, 5.74) is 1.64. The first-order chi connectivity index (χ1) is 14.9. The number of carbonyl (C=O) groups excluding carboxylic acids is 1. The Balaban J connectivity index is 1.62. The second kappa shape index (κ2) is 9.81. The molecule has 1 aromatic heterocycles. The van der Waals surface area contributed by atoms with Gasteiger partial charge in [0.1, 0.15) is 0 Å². The number of carbonyl (C=O) groups is 1. The maximum absolute atomic E-state index is 12.7. The second-order valence-electron chi connectivity index (χ2n) is 6.37. The zero-order valence-corrected chi connectivity index (χ0v) is 17.8. The summed E-state index contributed by atoms with van der Waals surface area (Å²) in [6.07, 6.45) is 3.31. The molecule has 0 saturated carbocycles. The lowest BCUT2D eigenvalue weighted by atomic mass is 10.3. The monoisotopic (exact) mass is 442 g/mol. The predicted octanol–water partition coefficient (Wildman–Crippen LogP) is 3.22. The molecule has 2 amide bonds. The fourth-order valence-corrected chi connectivity index (χ4v) is 3.74. The molecular formula is C21H22N4O5S. The van der Waals surface area contributed by atoms with Gasteiger partial charge >= 0.3 is 6.03 Å². The molecule has 3 aromatic rings. The molecule has 0 saturated heterocycles. The van der Waals surface area contributed by atoms with Gasteiger partial charge in [-0.25, -0.2) is 13.2 Å². The van der Waals surface area contributed by atoms with Gasteiger partial charge < -0.3 is 20.1 Å². The molecule has 9 nitrogen and oxygen atoms in total. The van der Waals surface area contributed by atoms with Crippen LogP contribution < -0.4 is 24.8 Å². The van der Waals surface area contributed by atoms with Gasteiger partial charge in [-0.3, -0.25) is 9.71 Å². The van der Waals surface area contributed by atoms with Crippen LogP contribution in [0.5, 0.6) is 11.5 Å². The Labute approximate surface area is 180 Å². The molecule has 31 heavy (non-hydrogen) atoms. The third-order valence-corrected chi connectivity index (χ3v) is 5.63. The van der Waals surface area contributed by atoms with Crippen molar-refractivity contribution in [2.75, 3.05) is 24.3 Å². The average molecular weight is 442 g/mol. The summed E-state index contributed by atoms with van der Waals surface area (Å²) in [6.45, 7) is 0.321. The SMILES string of the molecule is COc1ccc(NS(=O)(=O)c2ccc(NC(=O)NCc3cccnc3)cc2)cc1OC. The van der Waals surface area contributed by atoms with E-state index in [9.17, 15) is 13.2 Å². The first-order valence-corrected chi connectivity index (χ1v) is 10.7. The minimum atomic E-state index is -3.83. The molecule has 0 spiro atoms. The lowest BCUT2D eigenvalue weighted by Gasteiger charge is -2.12. The first kappa shape index (κ1) is 21.9. The van der Waals surface area contributed by atoms with Crippen LogP contribution in [0.3, 0.4) is 0 Å². The number of anilines is 2. The Morgan fingerprint density at radius 1 is 0.968 bits per heavy atom. The van der Waals surface area contributed by atoms with Crippen LogP contribution in [0, 0.1) is 0 Å². The number of sulfonamides is 1. The van der Waals surface area contributed by atoms with Gasteiger partial charge in [0.2, 0.25) is 0 Å². The Morgan fingerprint density at radius 2 is 1.68 bits per heavy atom. The van der Waals surface area contributed by atoms with Crippen molar-refractivity contribution in [2.24, 2.45) is 0 Å². The van der Waals surface area contributed by atoms with Crippen molar-refractivity contribution in [2.45, 2.75) is 11.4 Å². The van der Waals surface area contributed by atoms with Crippen LogP contribution in [-0.2, 0) is 16.6 Å². The molecule has 3 rings (SSSR count). The van der Waals surface area contributed by atoms with Gasteiger partial charge in [-0.15, -0.1) is 0 Å². The molecule has 3 N–H and O–H groups in total. The van der Waals surface area contributed by atoms with Crippen molar-refractivity contribution in [3.8, 4) is 11.5 Å². The van der Waals surface area contributed by atoms with Crippen molar-refractivity contribution in [1.29, 1.82) is 0 Å². The second-order valence-corrected chi connectivity index (χ2v) is 8.05. The number of urea groups is 1. The summed E-state index contributed by atoms with van der Waals surface area (Å²) in [7, 11) is -0.868. The number of ether oxygens (including phenoxy) is 2. The summed E-state index contributed by atoms with van der Waals surface area (Å²) in [5, 5.41) is 5.35. The van der Waals surface area contributed by atoms with Crippen molar-refractivity contribution >= 4 is 27.4 Å². The van der Waals surface area contributed by atoms with E-state index in [0.717, 1.165) is 5.56 Å². The molecule has 10 heteroatoms. The van der Waals surface area contributed by atoms with E-state index in [0.29, 0.717) is 29.4 Å². The quantitative estimate of drug-likeness (QED) is 0.493. The number of hydrogen-bond donors (Lipinski definition) is 3. The summed E-state index contributed by atoms with van der Waals surface area (Å²) < 4.78 is 38.1. The average Bonchev–Trinajstić information content (AvgIpc) is 2.78. The van der Waals surface area contributed by atoms with Crippen LogP contribution >= 0.6 is 0 Å². The number of hydrogen-bond acceptors (Lipinski definition) is 6. The Bertz CT molecular complexity index is 1140. The highest BCUT2D eigenvalue weighted by atomic mass is 32.2. The van der Waals surface area contributed by atoms with Crippen LogP contribution in [0.4, 0.5) is 16.2 Å². The van der Waals surface area contributed by atoms with E-state index in [4.69, 9.17) is 9.47 Å². The number of amides is 2. The lowest BCUT2D eigenvalue weighted by Crippen LogP contribution is -2.28. The number of rotatable bonds is 8. The maximum Gasteiger partial charge on any atom is 0.319 e. The van der Waals surface area contributed by atoms with E-state index in [-0.39, 0.29) is 4.90 Å². The zero-order valence-electron chi connectivity index (χ0n) is 17.0. The largest absolute Gasteiger partial charge is 0.493 e. The third-order valence-electron chi connectivity index (χ3n) is 4.23. The Kier molecular flexibility index (Phi) is 6.93. The smallest absolute Gasteiger partial charge is 0.319 e. The Morgan fingerprint density at radius 3 is 2.32 bits per heavy atom. The number of benzene rings is 2. The van der Waals surface area contributed by atoms with E-state index in [2.05, 4.69) is 20.3 Å². The van der Waals surface area contributed by atoms with Crippen molar-refractivity contribution in [3.05, 3.63) is 72.6 Å². The van der Waals surface area contributed by atoms with Crippen LogP contribution in [-0.4, -0.2) is 33.7 Å². The van der Waals surface area contributed by atoms with E-state index >= 15 is 0 Å². The molecule has 162 valence electrons. The topological polar surface area (TPSA) is 119 Å². The number of nitrogens with one attached hydrogen (secondary N) is 3. The van der Waals surface area contributed by atoms with E-state index in [1.54, 1.807) is 30.6 Å². The first-order valence-electron chi connectivity index (χ1n) is 9.20. The molecule has 0 aliphatic carbocycles. The molecule has 0 radical (unpaired) electrons. The van der Waals surface area contributed by atoms with E-state index in [1.807, 2.05) is 6.07 Å². The Hall–Kier alpha value is -3.79. The molecule has 0 bridgehead atoms. The molecule has 0 fully saturated rings. The van der Waals surface area contributed by atoms with Crippen LogP contribution in [0.15, 0.2) is 71.9 Å². The molecule has 2 aromatic carbocycles. The van der Waals surface area contributed by atoms with Crippen LogP contribution in [0.2, 0.25) is 0 Å². The molecule has 0 atom stereocenters. The number of aromatic nitrogens is 1. The fraction of sp³-hybridized carbons (Fsp3) is 0.143. The predicted molar refractivity (Wildman–Crippen MR) is 117 cm³/mol. The normalized spacial score (nSPS) is 10.8. The minimum absolute atomic E-state index is 0.0450. The van der Waals surface area contributed by atoms with Crippen LogP contribution in [0.1, 0.15) is 5.56 Å². The van der Waals surface area contributed by atoms with Crippen molar-refractivity contribution in [3.63, 3.8) is 0 Å². The standard InChI is InChI=1S/C21H22N4O5S/c1-29-19-10-7-17(12-20(19)30-2)25-31(27,28)18-8-5-16(6-9-18)24-21(26)23-14-15-4-3-11-22-13-15/h3-13,25H,14H2,1-2H3,(H2,23,24,26). The summed E-state index contributed by atoms with van der Waals surface area (Å²) >= 11 is 0. The summed E-state index contributed by atoms with van der Waals surface area (Å²) in [6, 6.07) is 13.7. The van der Waals surface area contributed by atoms with Crippen molar-refractivity contribution in [1.82, 2.24) is 10.3 Å². The van der Waals surface area contributed by atoms with E-state index in [1.165, 1.54) is 44.6 Å². The molecule has 0 unspecified atom stereocenters. The van der Waals surface area contributed by atoms with Gasteiger partial charge in [0.25, 0.3) is 10.0 Å². The van der Waals surface area contributed by atoms with Crippen molar-refractivity contribution < 1.29 is 22.7 Å². The number of methoxy groups -OCH3 is 2. The minimum Gasteiger partial charge on any atom is -0.493 e. The fourth-order valence-electron chi connectivity index (χ4n) is 2.69. The molecule has 0 aliphatic heterocycles. The van der Waals surface area contributed by atoms with Gasteiger partial charge in [-0.2, -0.15) is 0 Å². The van der Waals surface area contributed by atoms with Gasteiger partial charge in [-0.05, 0) is 48.0 Å². The summed E-state index contributed by atoms with van der Waals surface area (Å²) in [5.74, 6) is 0.891. The van der Waals surface area contributed by atoms with Gasteiger partial charge in [0, 0.05) is 30.7 Å². The molecule has 1 heterocycles. The van der Waals surface area contributed by atoms with Gasteiger partial charge in [0.15, 0.2) is 11.5 Å². The zero-order chi connectivity index (χ0) is 22.3. The highest BCUT2D eigenvalue weighted by Crippen LogP contribution is 2.30. The number of nitrogens with zero attached hydrogens (tertiary/aromatic N) is 1. The highest BCUT2D eigenvalue weighted by Gasteiger charge is 2.16. The maximum atomic E-state index is 12.7. The molecule has 0 aliphatic rings. The van der Waals surface area contributed by atoms with Crippen LogP contribution in [0.25, 0.3) is 0 Å². The van der Waals surface area contributed by atoms with E-state index < -0.39 is 16.1 Å². The van der Waals surface area contributed by atoms with Gasteiger partial charge in [-0.1, -0.05) is 6.07 Å². The summed E-state index contributed by atoms with van der Waals surface area (Å²) in [4.78, 5) is 16.1. The highest BCUT2D eigenvalue weighted by molar-refractivity contribution is 7.92. The lowest BCUT2D eigenvalue weighted by molar-refractivity contribution is 0.251.